The molecule has 20 nitrogen and oxygen atoms in total. The van der Waals surface area contributed by atoms with Gasteiger partial charge in [-0.1, -0.05) is 171 Å². The summed E-state index contributed by atoms with van der Waals surface area (Å²) in [5, 5.41) is 84.8. The minimum atomic E-state index is -4.93. The van der Waals surface area contributed by atoms with Crippen LogP contribution in [0.4, 0.5) is 0 Å². The summed E-state index contributed by atoms with van der Waals surface area (Å²) in [5.74, 6) is 2.39. The van der Waals surface area contributed by atoms with Crippen LogP contribution in [0.5, 0.6) is 51.7 Å². The lowest BCUT2D eigenvalue weighted by Crippen LogP contribution is -2.34. The second-order valence-electron chi connectivity index (χ2n) is 24.3. The van der Waals surface area contributed by atoms with Crippen LogP contribution in [-0.2, 0) is 32.9 Å². The van der Waals surface area contributed by atoms with Crippen molar-refractivity contribution < 1.29 is 80.9 Å². The Hall–Kier alpha value is -9.95. The second kappa shape index (κ2) is 35.4. The number of nitrogens with zero attached hydrogens (tertiary/aromatic N) is 2. The molecule has 3 saturated heterocycles. The number of rotatable bonds is 18. The van der Waals surface area contributed by atoms with Crippen LogP contribution in [0.25, 0.3) is 64.6 Å². The number of carbonyl (C=O) groups excluding carboxylic acids is 1. The van der Waals surface area contributed by atoms with Crippen molar-refractivity contribution in [3.8, 4) is 51.7 Å². The van der Waals surface area contributed by atoms with E-state index in [1.54, 1.807) is 42.5 Å². The molecule has 0 amide bonds. The molecule has 0 unspecified atom stereocenters. The van der Waals surface area contributed by atoms with E-state index in [0.717, 1.165) is 122 Å². The SMILES string of the molecule is C.O=Cc1c(O)ccc2ccccc12.O=S(=O)([O-])Oc1cc(OC[C@@H]2CCCN2Cc2c(OSOO[O-])ccc3ccccc23)c2ccccc2c1.OC[C@H]1CCCN1.Oc1cc(O)c2ccccc2c1.Oc1cc(OC[C@@H]2CCCN2Cc2c(O)ccc3ccccc23)c2ccccc2c1. The lowest BCUT2D eigenvalue weighted by molar-refractivity contribution is -0.777. The summed E-state index contributed by atoms with van der Waals surface area (Å²) < 4.78 is 60.4. The molecule has 22 heteroatoms. The van der Waals surface area contributed by atoms with Gasteiger partial charge in [-0.05, 0) is 143 Å². The van der Waals surface area contributed by atoms with Crippen molar-refractivity contribution in [1.82, 2.24) is 15.1 Å². The van der Waals surface area contributed by atoms with Gasteiger partial charge in [0.25, 0.3) is 22.7 Å². The standard InChI is InChI=1S/C26H25NO9S2.C26H25NO3.C11H8O2.C10H8O2.C5H11NO.CH4/c28-35-36-37-33-25-12-11-18-6-1-3-9-22(18)24(25)16-27-13-5-8-20(27)17-32-26-15-21(34-38(29,30)31)14-19-7-2-4-10-23(19)26;28-21-14-19-7-2-4-10-23(19)26(15-21)30-17-20-8-5-13-27(20)16-24-22-9-3-1-6-18(22)11-12-25(24)29;12-7-10-9-4-2-1-3-8(9)5-6-11(10)13;11-8-5-7-3-1-2-4-9(7)10(12)6-8;7-4-5-2-1-3-6-5;/h1-4,6-7,9-12,14-15,20,28H,5,8,13,16-17H2,(H,29,30,31);1-4,6-7,9-12,14-15,20,28-29H,5,8,13,16-17H2;1-7,13H;1-6,11-12H;5-7H,1-4H2;1H4/p-2/t2*20-;;;5-;/m00..1./s1. The number of phenolic OH excluding ortho intramolecular Hbond substituents is 5. The minimum absolute atomic E-state index is 0. The predicted molar refractivity (Wildman–Crippen MR) is 391 cm³/mol. The number of carbonyl (C=O) groups is 1. The van der Waals surface area contributed by atoms with E-state index in [-0.39, 0.29) is 48.3 Å². The molecule has 0 radical (unpaired) electrons. The number of likely N-dealkylation sites (tertiary alicyclic amines) is 2. The number of aliphatic hydroxyl groups excluding tert-OH is 1. The van der Waals surface area contributed by atoms with Crippen LogP contribution in [0.3, 0.4) is 0 Å². The van der Waals surface area contributed by atoms with Crippen molar-refractivity contribution in [2.75, 3.05) is 39.5 Å². The molecule has 0 bridgehead atoms. The third-order valence-electron chi connectivity index (χ3n) is 17.9. The van der Waals surface area contributed by atoms with Crippen molar-refractivity contribution in [2.24, 2.45) is 0 Å². The zero-order valence-corrected chi connectivity index (χ0v) is 56.0. The van der Waals surface area contributed by atoms with Gasteiger partial charge in [0.15, 0.2) is 6.29 Å². The summed E-state index contributed by atoms with van der Waals surface area (Å²) in [6.45, 7) is 5.36. The maximum Gasteiger partial charge on any atom is 0.262 e. The molecule has 3 heterocycles. The molecule has 3 aliphatic heterocycles. The van der Waals surface area contributed by atoms with E-state index < -0.39 is 10.4 Å². The Labute approximate surface area is 589 Å². The molecule has 3 atom stereocenters. The van der Waals surface area contributed by atoms with Crippen molar-refractivity contribution in [2.45, 2.75) is 77.2 Å². The molecule has 3 fully saturated rings. The fourth-order valence-corrected chi connectivity index (χ4v) is 13.6. The molecule has 0 aromatic heterocycles. The number of aldehydes is 1. The maximum atomic E-state index is 11.2. The zero-order valence-electron chi connectivity index (χ0n) is 54.4. The first-order chi connectivity index (χ1) is 48.6. The number of hydrogen-bond acceptors (Lipinski definition) is 21. The Morgan fingerprint density at radius 3 is 1.52 bits per heavy atom. The van der Waals surface area contributed by atoms with Crippen LogP contribution in [0.1, 0.15) is 67.4 Å². The number of nitrogens with one attached hydrogen (secondary N) is 1. The Bertz CT molecular complexity index is 4890. The van der Waals surface area contributed by atoms with E-state index in [4.69, 9.17) is 23.9 Å². The molecule has 12 aromatic rings. The molecule has 526 valence electrons. The molecule has 101 heavy (non-hydrogen) atoms. The average molecular weight is 1410 g/mol. The average Bonchev–Trinajstić information content (AvgIpc) is 1.79. The maximum absolute atomic E-state index is 11.2. The molecule has 7 N–H and O–H groups in total. The van der Waals surface area contributed by atoms with Gasteiger partial charge in [0.1, 0.15) is 65.0 Å². The Morgan fingerprint density at radius 2 is 0.980 bits per heavy atom. The molecule has 15 rings (SSSR count). The van der Waals surface area contributed by atoms with Gasteiger partial charge < -0.3 is 63.6 Å². The lowest BCUT2D eigenvalue weighted by atomic mass is 10.0. The molecule has 3 aliphatic rings. The second-order valence-corrected chi connectivity index (χ2v) is 25.7. The van der Waals surface area contributed by atoms with Crippen LogP contribution < -0.4 is 28.4 Å². The van der Waals surface area contributed by atoms with Crippen LogP contribution >= 0.6 is 12.3 Å². The van der Waals surface area contributed by atoms with E-state index >= 15 is 0 Å². The number of fused-ring (bicyclic) bond motifs is 6. The largest absolute Gasteiger partial charge is 0.716 e. The highest BCUT2D eigenvalue weighted by atomic mass is 32.3. The summed E-state index contributed by atoms with van der Waals surface area (Å²) in [4.78, 5) is 15.4. The summed E-state index contributed by atoms with van der Waals surface area (Å²) >= 11 is 0.447. The van der Waals surface area contributed by atoms with E-state index in [2.05, 4.69) is 40.8 Å². The molecular weight excluding hydrogens is 1330 g/mol. The van der Waals surface area contributed by atoms with Gasteiger partial charge >= 0.3 is 0 Å². The van der Waals surface area contributed by atoms with Crippen molar-refractivity contribution >= 4 is 93.6 Å². The predicted octanol–water partition coefficient (Wildman–Crippen LogP) is 14.5. The van der Waals surface area contributed by atoms with Gasteiger partial charge in [0.05, 0.1) is 12.2 Å². The topological polar surface area (TPSA) is 293 Å². The highest BCUT2D eigenvalue weighted by molar-refractivity contribution is 7.90. The van der Waals surface area contributed by atoms with Crippen molar-refractivity contribution in [1.29, 1.82) is 0 Å². The first kappa shape index (κ1) is 73.8. The van der Waals surface area contributed by atoms with Gasteiger partial charge in [-0.3, -0.25) is 19.6 Å². The third-order valence-corrected chi connectivity index (χ3v) is 18.6. The van der Waals surface area contributed by atoms with Crippen LogP contribution in [-0.4, -0.2) is 117 Å². The summed E-state index contributed by atoms with van der Waals surface area (Å²) in [7, 11) is -4.93. The number of aliphatic hydroxyl groups is 1. The molecule has 12 aromatic carbocycles. The first-order valence-corrected chi connectivity index (χ1v) is 34.7. The van der Waals surface area contributed by atoms with Gasteiger partial charge in [0.2, 0.25) is 0 Å². The Kier molecular flexibility index (Phi) is 25.8. The smallest absolute Gasteiger partial charge is 0.262 e. The molecule has 0 aliphatic carbocycles. The number of ether oxygens (including phenoxy) is 2. The summed E-state index contributed by atoms with van der Waals surface area (Å²) in [5.41, 5.74) is 2.26. The monoisotopic (exact) mass is 1410 g/mol. The van der Waals surface area contributed by atoms with Crippen LogP contribution in [0.2, 0.25) is 0 Å². The van der Waals surface area contributed by atoms with Crippen molar-refractivity contribution in [3.05, 3.63) is 235 Å². The van der Waals surface area contributed by atoms with Gasteiger partial charge in [-0.25, -0.2) is 8.42 Å². The Balaban J connectivity index is 0.000000153. The quantitative estimate of drug-likeness (QED) is 0.00799. The molecule has 0 saturated carbocycles. The third kappa shape index (κ3) is 19.3. The fraction of sp³-hybridized carbons (Fsp3) is 0.228. The van der Waals surface area contributed by atoms with E-state index in [9.17, 15) is 43.4 Å². The molecule has 0 spiro atoms. The first-order valence-electron chi connectivity index (χ1n) is 32.7. The van der Waals surface area contributed by atoms with E-state index in [1.165, 1.54) is 30.7 Å². The zero-order chi connectivity index (χ0) is 70.0. The normalized spacial score (nSPS) is 15.9. The van der Waals surface area contributed by atoms with Crippen LogP contribution in [0, 0.1) is 0 Å². The fourth-order valence-electron chi connectivity index (χ4n) is 13.0. The summed E-state index contributed by atoms with van der Waals surface area (Å²) in [6, 6.07) is 67.1. The highest BCUT2D eigenvalue weighted by Gasteiger charge is 2.29. The van der Waals surface area contributed by atoms with Gasteiger partial charge in [-0.15, -0.1) is 4.33 Å². The minimum Gasteiger partial charge on any atom is -0.716 e. The van der Waals surface area contributed by atoms with Crippen LogP contribution in [0.15, 0.2) is 218 Å². The lowest BCUT2D eigenvalue weighted by Gasteiger charge is -2.26. The van der Waals surface area contributed by atoms with E-state index in [1.807, 2.05) is 140 Å². The van der Waals surface area contributed by atoms with Crippen molar-refractivity contribution in [3.63, 3.8) is 0 Å². The van der Waals surface area contributed by atoms with Gasteiger partial charge in [0, 0.05) is 76.7 Å². The number of benzene rings is 12. The number of aromatic hydroxyl groups is 5. The van der Waals surface area contributed by atoms with E-state index in [0.29, 0.717) is 91.5 Å². The number of hydrogen-bond donors (Lipinski definition) is 7. The Morgan fingerprint density at radius 1 is 0.505 bits per heavy atom. The molecular formula is C79H79N3O17S2-2. The summed E-state index contributed by atoms with van der Waals surface area (Å²) in [6.07, 6.45) is 7.09. The number of phenols is 5. The highest BCUT2D eigenvalue weighted by Crippen LogP contribution is 2.38. The van der Waals surface area contributed by atoms with Gasteiger partial charge in [-0.2, -0.15) is 0 Å².